The Bertz CT molecular complexity index is 601. The van der Waals surface area contributed by atoms with E-state index in [1.54, 1.807) is 23.9 Å². The number of amides is 1. The number of nitrogens with two attached hydrogens (primary N) is 1. The minimum absolute atomic E-state index is 0.00962. The Hall–Kier alpha value is -1.65. The average Bonchev–Trinajstić information content (AvgIpc) is 2.48. The third kappa shape index (κ3) is 5.33. The molecule has 2 rings (SSSR count). The average molecular weight is 321 g/mol. The molecule has 0 aliphatic carbocycles. The Morgan fingerprint density at radius 2 is 1.86 bits per heavy atom. The Balaban J connectivity index is 1.70. The van der Waals surface area contributed by atoms with E-state index in [-0.39, 0.29) is 5.91 Å². The molecule has 1 amide bonds. The first-order valence-electron chi connectivity index (χ1n) is 6.68. The van der Waals surface area contributed by atoms with Crippen LogP contribution >= 0.6 is 23.4 Å². The van der Waals surface area contributed by atoms with Crippen molar-refractivity contribution in [2.24, 2.45) is 0 Å². The van der Waals surface area contributed by atoms with Gasteiger partial charge in [0.1, 0.15) is 0 Å². The summed E-state index contributed by atoms with van der Waals surface area (Å²) in [6.45, 7) is 0. The van der Waals surface area contributed by atoms with E-state index in [4.69, 9.17) is 17.3 Å². The zero-order valence-electron chi connectivity index (χ0n) is 11.5. The van der Waals surface area contributed by atoms with Crippen LogP contribution in [0, 0.1) is 0 Å². The van der Waals surface area contributed by atoms with Gasteiger partial charge in [-0.2, -0.15) is 0 Å². The van der Waals surface area contributed by atoms with Crippen molar-refractivity contribution >= 4 is 40.6 Å². The highest BCUT2D eigenvalue weighted by Crippen LogP contribution is 2.22. The van der Waals surface area contributed by atoms with Crippen LogP contribution in [-0.2, 0) is 4.79 Å². The van der Waals surface area contributed by atoms with E-state index in [0.717, 1.165) is 22.1 Å². The van der Waals surface area contributed by atoms with E-state index in [1.807, 2.05) is 36.4 Å². The van der Waals surface area contributed by atoms with Gasteiger partial charge in [0, 0.05) is 16.3 Å². The molecule has 3 N–H and O–H groups in total. The maximum Gasteiger partial charge on any atom is 0.224 e. The van der Waals surface area contributed by atoms with Crippen molar-refractivity contribution in [3.8, 4) is 0 Å². The molecule has 0 aliphatic heterocycles. The van der Waals surface area contributed by atoms with Crippen LogP contribution in [0.4, 0.5) is 11.4 Å². The van der Waals surface area contributed by atoms with Crippen molar-refractivity contribution in [3.63, 3.8) is 0 Å². The van der Waals surface area contributed by atoms with Gasteiger partial charge >= 0.3 is 0 Å². The van der Waals surface area contributed by atoms with Crippen molar-refractivity contribution in [1.29, 1.82) is 0 Å². The highest BCUT2D eigenvalue weighted by atomic mass is 35.5. The van der Waals surface area contributed by atoms with Gasteiger partial charge in [0.05, 0.1) is 11.4 Å². The molecule has 0 aromatic heterocycles. The van der Waals surface area contributed by atoms with Gasteiger partial charge in [0.15, 0.2) is 0 Å². The molecule has 21 heavy (non-hydrogen) atoms. The summed E-state index contributed by atoms with van der Waals surface area (Å²) >= 11 is 7.55. The standard InChI is InChI=1S/C16H17ClN2OS/c17-12-7-9-13(10-8-12)21-11-3-6-16(20)19-15-5-2-1-4-14(15)18/h1-2,4-5,7-10H,3,6,11,18H2,(H,19,20). The van der Waals surface area contributed by atoms with Crippen LogP contribution in [0.1, 0.15) is 12.8 Å². The number of hydrogen-bond acceptors (Lipinski definition) is 3. The summed E-state index contributed by atoms with van der Waals surface area (Å²) in [4.78, 5) is 13.0. The van der Waals surface area contributed by atoms with Crippen LogP contribution in [0.15, 0.2) is 53.4 Å². The summed E-state index contributed by atoms with van der Waals surface area (Å²) in [6, 6.07) is 15.0. The second kappa shape index (κ2) is 7.96. The van der Waals surface area contributed by atoms with E-state index >= 15 is 0 Å². The molecule has 110 valence electrons. The van der Waals surface area contributed by atoms with E-state index in [0.29, 0.717) is 17.8 Å². The number of nitrogens with one attached hydrogen (secondary N) is 1. The Kier molecular flexibility index (Phi) is 5.96. The van der Waals surface area contributed by atoms with E-state index in [1.165, 1.54) is 0 Å². The SMILES string of the molecule is Nc1ccccc1NC(=O)CCCSc1ccc(Cl)cc1. The molecule has 0 bridgehead atoms. The van der Waals surface area contributed by atoms with Crippen molar-refractivity contribution < 1.29 is 4.79 Å². The maximum atomic E-state index is 11.8. The largest absolute Gasteiger partial charge is 0.397 e. The fourth-order valence-electron chi connectivity index (χ4n) is 1.78. The van der Waals surface area contributed by atoms with Crippen LogP contribution in [0.2, 0.25) is 5.02 Å². The minimum atomic E-state index is -0.00962. The van der Waals surface area contributed by atoms with Crippen LogP contribution in [0.5, 0.6) is 0 Å². The summed E-state index contributed by atoms with van der Waals surface area (Å²) in [5, 5.41) is 3.56. The first-order valence-corrected chi connectivity index (χ1v) is 8.04. The van der Waals surface area contributed by atoms with Crippen molar-refractivity contribution in [3.05, 3.63) is 53.6 Å². The minimum Gasteiger partial charge on any atom is -0.397 e. The number of hydrogen-bond donors (Lipinski definition) is 2. The molecule has 0 radical (unpaired) electrons. The van der Waals surface area contributed by atoms with Gasteiger partial charge in [-0.15, -0.1) is 11.8 Å². The number of benzene rings is 2. The van der Waals surface area contributed by atoms with Gasteiger partial charge in [-0.05, 0) is 48.6 Å². The smallest absolute Gasteiger partial charge is 0.224 e. The van der Waals surface area contributed by atoms with Gasteiger partial charge in [-0.25, -0.2) is 0 Å². The van der Waals surface area contributed by atoms with E-state index in [9.17, 15) is 4.79 Å². The molecule has 2 aromatic carbocycles. The summed E-state index contributed by atoms with van der Waals surface area (Å²) in [6.07, 6.45) is 1.29. The van der Waals surface area contributed by atoms with Crippen molar-refractivity contribution in [2.75, 3.05) is 16.8 Å². The quantitative estimate of drug-likeness (QED) is 0.470. The molecule has 2 aromatic rings. The van der Waals surface area contributed by atoms with Crippen LogP contribution in [0.3, 0.4) is 0 Å². The number of carbonyl (C=O) groups excluding carboxylic acids is 1. The molecule has 0 saturated carbocycles. The number of halogens is 1. The molecule has 0 saturated heterocycles. The van der Waals surface area contributed by atoms with Gasteiger partial charge in [0.2, 0.25) is 5.91 Å². The lowest BCUT2D eigenvalue weighted by molar-refractivity contribution is -0.116. The third-order valence-corrected chi connectivity index (χ3v) is 4.22. The zero-order valence-corrected chi connectivity index (χ0v) is 13.1. The molecular formula is C16H17ClN2OS. The normalized spacial score (nSPS) is 10.3. The van der Waals surface area contributed by atoms with Gasteiger partial charge < -0.3 is 11.1 Å². The lowest BCUT2D eigenvalue weighted by Gasteiger charge is -2.07. The van der Waals surface area contributed by atoms with Gasteiger partial charge in [-0.3, -0.25) is 4.79 Å². The summed E-state index contributed by atoms with van der Waals surface area (Å²) in [7, 11) is 0. The number of nitrogen functional groups attached to an aromatic ring is 1. The molecule has 0 fully saturated rings. The molecule has 0 aliphatic rings. The number of thioether (sulfide) groups is 1. The van der Waals surface area contributed by atoms with Crippen molar-refractivity contribution in [2.45, 2.75) is 17.7 Å². The van der Waals surface area contributed by atoms with E-state index in [2.05, 4.69) is 5.32 Å². The summed E-state index contributed by atoms with van der Waals surface area (Å²) < 4.78 is 0. The zero-order chi connectivity index (χ0) is 15.1. The van der Waals surface area contributed by atoms with Crippen LogP contribution in [-0.4, -0.2) is 11.7 Å². The molecule has 5 heteroatoms. The number of carbonyl (C=O) groups is 1. The molecular weight excluding hydrogens is 304 g/mol. The monoisotopic (exact) mass is 320 g/mol. The third-order valence-electron chi connectivity index (χ3n) is 2.87. The van der Waals surface area contributed by atoms with Gasteiger partial charge in [0.25, 0.3) is 0 Å². The number of anilines is 2. The second-order valence-electron chi connectivity index (χ2n) is 4.54. The highest BCUT2D eigenvalue weighted by Gasteiger charge is 2.04. The van der Waals surface area contributed by atoms with Crippen molar-refractivity contribution in [1.82, 2.24) is 0 Å². The van der Waals surface area contributed by atoms with Crippen LogP contribution in [0.25, 0.3) is 0 Å². The lowest BCUT2D eigenvalue weighted by Crippen LogP contribution is -2.12. The topological polar surface area (TPSA) is 55.1 Å². The fraction of sp³-hybridized carbons (Fsp3) is 0.188. The van der Waals surface area contributed by atoms with Gasteiger partial charge in [-0.1, -0.05) is 23.7 Å². The molecule has 0 heterocycles. The number of rotatable bonds is 6. The fourth-order valence-corrected chi connectivity index (χ4v) is 2.76. The second-order valence-corrected chi connectivity index (χ2v) is 6.15. The lowest BCUT2D eigenvalue weighted by atomic mass is 10.2. The maximum absolute atomic E-state index is 11.8. The molecule has 0 unspecified atom stereocenters. The first-order chi connectivity index (χ1) is 10.1. The van der Waals surface area contributed by atoms with Crippen LogP contribution < -0.4 is 11.1 Å². The Morgan fingerprint density at radius 1 is 1.14 bits per heavy atom. The molecule has 3 nitrogen and oxygen atoms in total. The first kappa shape index (κ1) is 15.7. The Morgan fingerprint density at radius 3 is 2.57 bits per heavy atom. The molecule has 0 atom stereocenters. The summed E-state index contributed by atoms with van der Waals surface area (Å²) in [5.74, 6) is 0.879. The summed E-state index contributed by atoms with van der Waals surface area (Å²) in [5.41, 5.74) is 7.04. The molecule has 0 spiro atoms. The Labute approximate surface area is 133 Å². The predicted octanol–water partition coefficient (Wildman–Crippen LogP) is 4.43. The number of para-hydroxylation sites is 2. The highest BCUT2D eigenvalue weighted by molar-refractivity contribution is 7.99. The van der Waals surface area contributed by atoms with E-state index < -0.39 is 0 Å². The predicted molar refractivity (Wildman–Crippen MR) is 90.9 cm³/mol.